The molecule has 3 aromatic rings. The Morgan fingerprint density at radius 1 is 1.04 bits per heavy atom. The fraction of sp³-hybridized carbons (Fsp3) is 0.190. The summed E-state index contributed by atoms with van der Waals surface area (Å²) < 4.78 is 0. The Labute approximate surface area is 156 Å². The van der Waals surface area contributed by atoms with E-state index in [0.717, 1.165) is 23.4 Å². The van der Waals surface area contributed by atoms with E-state index >= 15 is 0 Å². The van der Waals surface area contributed by atoms with Crippen LogP contribution >= 0.6 is 22.9 Å². The van der Waals surface area contributed by atoms with Gasteiger partial charge in [-0.1, -0.05) is 60.1 Å². The van der Waals surface area contributed by atoms with E-state index in [9.17, 15) is 4.79 Å². The number of carbonyl (C=O) groups is 1. The van der Waals surface area contributed by atoms with Crippen LogP contribution in [0.25, 0.3) is 0 Å². The Kier molecular flexibility index (Phi) is 4.60. The third kappa shape index (κ3) is 3.22. The number of fused-ring (bicyclic) bond motifs is 1. The highest BCUT2D eigenvalue weighted by Gasteiger charge is 2.32. The third-order valence-electron chi connectivity index (χ3n) is 4.71. The summed E-state index contributed by atoms with van der Waals surface area (Å²) in [5.74, 6) is 0.155. The molecule has 1 aromatic heterocycles. The van der Waals surface area contributed by atoms with E-state index in [-0.39, 0.29) is 11.9 Å². The zero-order chi connectivity index (χ0) is 17.2. The second-order valence-corrected chi connectivity index (χ2v) is 7.66. The largest absolute Gasteiger partial charge is 0.331 e. The summed E-state index contributed by atoms with van der Waals surface area (Å²) in [6.07, 6.45) is 1.33. The Morgan fingerprint density at radius 2 is 1.80 bits per heavy atom. The summed E-state index contributed by atoms with van der Waals surface area (Å²) >= 11 is 8.13. The van der Waals surface area contributed by atoms with E-state index in [1.165, 1.54) is 11.1 Å². The van der Waals surface area contributed by atoms with Crippen molar-refractivity contribution in [2.75, 3.05) is 6.54 Å². The lowest BCUT2D eigenvalue weighted by molar-refractivity contribution is -0.132. The van der Waals surface area contributed by atoms with Crippen molar-refractivity contribution in [1.82, 2.24) is 4.90 Å². The smallest absolute Gasteiger partial charge is 0.228 e. The fourth-order valence-electron chi connectivity index (χ4n) is 3.53. The van der Waals surface area contributed by atoms with Crippen molar-refractivity contribution in [1.29, 1.82) is 0 Å². The molecule has 0 saturated heterocycles. The zero-order valence-electron chi connectivity index (χ0n) is 13.7. The lowest BCUT2D eigenvalue weighted by Crippen LogP contribution is -2.41. The van der Waals surface area contributed by atoms with Crippen LogP contribution in [0.4, 0.5) is 0 Å². The van der Waals surface area contributed by atoms with Crippen LogP contribution in [0.3, 0.4) is 0 Å². The Bertz CT molecular complexity index is 890. The van der Waals surface area contributed by atoms with Gasteiger partial charge in [-0.3, -0.25) is 4.79 Å². The van der Waals surface area contributed by atoms with Crippen molar-refractivity contribution in [3.8, 4) is 0 Å². The number of rotatable bonds is 3. The van der Waals surface area contributed by atoms with E-state index in [0.29, 0.717) is 11.4 Å². The van der Waals surface area contributed by atoms with Crippen LogP contribution in [0.15, 0.2) is 66.0 Å². The fourth-order valence-corrected chi connectivity index (χ4v) is 4.47. The van der Waals surface area contributed by atoms with Gasteiger partial charge < -0.3 is 4.90 Å². The van der Waals surface area contributed by atoms with Gasteiger partial charge in [-0.25, -0.2) is 0 Å². The molecule has 0 saturated carbocycles. The number of thiophene rings is 1. The molecule has 1 atom stereocenters. The minimum absolute atomic E-state index is 0.119. The summed E-state index contributed by atoms with van der Waals surface area (Å²) in [4.78, 5) is 16.1. The molecule has 0 spiro atoms. The van der Waals surface area contributed by atoms with Crippen molar-refractivity contribution in [3.63, 3.8) is 0 Å². The highest BCUT2D eigenvalue weighted by molar-refractivity contribution is 7.10. The van der Waals surface area contributed by atoms with Gasteiger partial charge in [0.1, 0.15) is 0 Å². The topological polar surface area (TPSA) is 20.3 Å². The molecular formula is C21H18ClNOS. The maximum Gasteiger partial charge on any atom is 0.228 e. The van der Waals surface area contributed by atoms with Crippen LogP contribution < -0.4 is 0 Å². The van der Waals surface area contributed by atoms with E-state index in [1.807, 2.05) is 52.7 Å². The second-order valence-electron chi connectivity index (χ2n) is 6.22. The predicted octanol–water partition coefficient (Wildman–Crippen LogP) is 5.12. The Hall–Kier alpha value is -2.10. The number of nitrogens with zero attached hydrogens (tertiary/aromatic N) is 1. The van der Waals surface area contributed by atoms with E-state index in [1.54, 1.807) is 11.3 Å². The molecule has 2 heterocycles. The van der Waals surface area contributed by atoms with Crippen molar-refractivity contribution < 1.29 is 4.79 Å². The molecule has 2 aromatic carbocycles. The van der Waals surface area contributed by atoms with Gasteiger partial charge in [-0.15, -0.1) is 11.3 Å². The lowest BCUT2D eigenvalue weighted by Gasteiger charge is -2.38. The van der Waals surface area contributed by atoms with Crippen LogP contribution in [0, 0.1) is 0 Å². The monoisotopic (exact) mass is 367 g/mol. The number of amides is 1. The Balaban J connectivity index is 1.75. The molecule has 0 bridgehead atoms. The SMILES string of the molecule is O=C(Cc1cccs1)N1CCc2ccccc2[C@@H]1c1ccccc1Cl. The predicted molar refractivity (Wildman–Crippen MR) is 103 cm³/mol. The molecule has 4 rings (SSSR count). The summed E-state index contributed by atoms with van der Waals surface area (Å²) in [5.41, 5.74) is 3.48. The number of halogens is 1. The number of hydrogen-bond acceptors (Lipinski definition) is 2. The van der Waals surface area contributed by atoms with Gasteiger partial charge in [0.2, 0.25) is 5.91 Å². The number of benzene rings is 2. The first kappa shape index (κ1) is 16.4. The standard InChI is InChI=1S/C21H18ClNOS/c22-19-10-4-3-9-18(19)21-17-8-2-1-6-15(17)11-12-23(21)20(24)14-16-7-5-13-25-16/h1-10,13,21H,11-12,14H2/t21-/m1/s1. The van der Waals surface area contributed by atoms with Gasteiger partial charge in [0.25, 0.3) is 0 Å². The van der Waals surface area contributed by atoms with Gasteiger partial charge >= 0.3 is 0 Å². The molecule has 0 aliphatic carbocycles. The van der Waals surface area contributed by atoms with E-state index < -0.39 is 0 Å². The van der Waals surface area contributed by atoms with Gasteiger partial charge in [-0.2, -0.15) is 0 Å². The molecule has 0 unspecified atom stereocenters. The van der Waals surface area contributed by atoms with Crippen LogP contribution in [0.5, 0.6) is 0 Å². The molecule has 0 radical (unpaired) electrons. The third-order valence-corrected chi connectivity index (χ3v) is 5.93. The van der Waals surface area contributed by atoms with Crippen molar-refractivity contribution in [2.45, 2.75) is 18.9 Å². The molecule has 4 heteroatoms. The lowest BCUT2D eigenvalue weighted by atomic mass is 9.88. The maximum absolute atomic E-state index is 13.1. The molecule has 2 nitrogen and oxygen atoms in total. The normalized spacial score (nSPS) is 16.5. The van der Waals surface area contributed by atoms with Crippen molar-refractivity contribution in [2.24, 2.45) is 0 Å². The van der Waals surface area contributed by atoms with Crippen molar-refractivity contribution in [3.05, 3.63) is 92.6 Å². The van der Waals surface area contributed by atoms with Gasteiger partial charge in [0.05, 0.1) is 12.5 Å². The second kappa shape index (κ2) is 7.03. The van der Waals surface area contributed by atoms with E-state index in [2.05, 4.69) is 18.2 Å². The number of carbonyl (C=O) groups excluding carboxylic acids is 1. The van der Waals surface area contributed by atoms with Crippen LogP contribution in [-0.2, 0) is 17.6 Å². The van der Waals surface area contributed by atoms with Crippen LogP contribution in [0.2, 0.25) is 5.02 Å². The van der Waals surface area contributed by atoms with Crippen LogP contribution in [0.1, 0.15) is 27.6 Å². The van der Waals surface area contributed by atoms with Gasteiger partial charge in [0.15, 0.2) is 0 Å². The van der Waals surface area contributed by atoms with E-state index in [4.69, 9.17) is 11.6 Å². The molecule has 25 heavy (non-hydrogen) atoms. The molecule has 1 aliphatic heterocycles. The highest BCUT2D eigenvalue weighted by atomic mass is 35.5. The first-order valence-electron chi connectivity index (χ1n) is 8.38. The highest BCUT2D eigenvalue weighted by Crippen LogP contribution is 2.38. The first-order valence-corrected chi connectivity index (χ1v) is 9.64. The summed E-state index contributed by atoms with van der Waals surface area (Å²) in [6, 6.07) is 20.1. The van der Waals surface area contributed by atoms with Gasteiger partial charge in [0, 0.05) is 16.4 Å². The minimum atomic E-state index is -0.119. The molecule has 0 fully saturated rings. The number of hydrogen-bond donors (Lipinski definition) is 0. The average molecular weight is 368 g/mol. The molecule has 1 aliphatic rings. The van der Waals surface area contributed by atoms with Crippen LogP contribution in [-0.4, -0.2) is 17.4 Å². The molecule has 1 amide bonds. The average Bonchev–Trinajstić information content (AvgIpc) is 3.14. The quantitative estimate of drug-likeness (QED) is 0.629. The summed E-state index contributed by atoms with van der Waals surface area (Å²) in [5, 5.41) is 2.72. The van der Waals surface area contributed by atoms with Crippen molar-refractivity contribution >= 4 is 28.8 Å². The molecular weight excluding hydrogens is 350 g/mol. The van der Waals surface area contributed by atoms with Gasteiger partial charge in [-0.05, 0) is 40.6 Å². The zero-order valence-corrected chi connectivity index (χ0v) is 15.3. The molecule has 126 valence electrons. The first-order chi connectivity index (χ1) is 12.2. The summed E-state index contributed by atoms with van der Waals surface area (Å²) in [6.45, 7) is 0.719. The summed E-state index contributed by atoms with van der Waals surface area (Å²) in [7, 11) is 0. The maximum atomic E-state index is 13.1. The molecule has 0 N–H and O–H groups in total. The Morgan fingerprint density at radius 3 is 2.56 bits per heavy atom. The minimum Gasteiger partial charge on any atom is -0.331 e.